The predicted molar refractivity (Wildman–Crippen MR) is 182 cm³/mol. The van der Waals surface area contributed by atoms with E-state index in [1.807, 2.05) is 26.0 Å². The highest BCUT2D eigenvalue weighted by atomic mass is 16.5. The topological polar surface area (TPSA) is 211 Å². The van der Waals surface area contributed by atoms with Gasteiger partial charge in [0.1, 0.15) is 23.6 Å². The van der Waals surface area contributed by atoms with E-state index < -0.39 is 17.8 Å². The van der Waals surface area contributed by atoms with Crippen molar-refractivity contribution in [1.82, 2.24) is 33.8 Å². The van der Waals surface area contributed by atoms with Gasteiger partial charge in [0.05, 0.1) is 41.0 Å². The fourth-order valence-corrected chi connectivity index (χ4v) is 5.83. The second-order valence-corrected chi connectivity index (χ2v) is 11.6. The van der Waals surface area contributed by atoms with Crippen LogP contribution in [0.5, 0.6) is 5.75 Å². The van der Waals surface area contributed by atoms with E-state index in [4.69, 9.17) is 20.9 Å². The lowest BCUT2D eigenvalue weighted by Gasteiger charge is -2.26. The summed E-state index contributed by atoms with van der Waals surface area (Å²) in [4.78, 5) is 48.3. The van der Waals surface area contributed by atoms with Crippen molar-refractivity contribution < 1.29 is 29.0 Å². The number of ether oxygens (including phenoxy) is 2. The Balaban J connectivity index is 1.26. The van der Waals surface area contributed by atoms with E-state index in [0.717, 1.165) is 13.1 Å². The number of imidazole rings is 2. The zero-order valence-electron chi connectivity index (χ0n) is 27.3. The maximum Gasteiger partial charge on any atom is 0.335 e. The number of anilines is 2. The van der Waals surface area contributed by atoms with Crippen LogP contribution in [0.2, 0.25) is 0 Å². The number of rotatable bonds is 13. The molecule has 4 heterocycles. The number of primary amides is 1. The number of fused-ring (bicyclic) bond motifs is 2. The molecule has 6 rings (SSSR count). The molecule has 2 amide bonds. The van der Waals surface area contributed by atoms with Crippen molar-refractivity contribution in [2.45, 2.75) is 33.5 Å². The van der Waals surface area contributed by atoms with Crippen molar-refractivity contribution in [3.63, 3.8) is 0 Å². The number of nitrogens with zero attached hydrogens (tertiary/aromatic N) is 7. The molecule has 0 bridgehead atoms. The molecule has 3 aromatic heterocycles. The third-order valence-electron chi connectivity index (χ3n) is 8.29. The molecule has 0 spiro atoms. The van der Waals surface area contributed by atoms with Crippen LogP contribution in [-0.2, 0) is 24.4 Å². The van der Waals surface area contributed by atoms with Crippen LogP contribution in [0.1, 0.15) is 43.8 Å². The van der Waals surface area contributed by atoms with Crippen molar-refractivity contribution >= 4 is 51.7 Å². The first-order chi connectivity index (χ1) is 23.6. The number of nitrogens with two attached hydrogens (primary N) is 2. The molecule has 1 aliphatic heterocycles. The number of benzene rings is 2. The number of allylic oxidation sites excluding steroid dienone is 2. The standard InChI is InChI=1S/C33H38N10O6/c1-3-43-26(16-20(2)39-43)30(45)38-33-37-23-17-21(31(46)47)6-7-25(23)41(33)8-4-5-9-42-28-24(36-32(42)35)18-22(29(34)44)19-27(28)49-15-12-40-10-13-48-14-11-40/h4-7,16-19H,3,8-15H2,1-2H3,(H2,34,44)(H2,35,36)(H,46,47)(H,37,38,45)/b5-4+. The van der Waals surface area contributed by atoms with Crippen LogP contribution in [-0.4, -0.2) is 96.1 Å². The number of aryl methyl sites for hydroxylation is 2. The molecule has 256 valence electrons. The molecule has 49 heavy (non-hydrogen) atoms. The lowest BCUT2D eigenvalue weighted by atomic mass is 10.1. The molecular weight excluding hydrogens is 632 g/mol. The second-order valence-electron chi connectivity index (χ2n) is 11.6. The van der Waals surface area contributed by atoms with Gasteiger partial charge < -0.3 is 35.2 Å². The Hall–Kier alpha value is -5.74. The predicted octanol–water partition coefficient (Wildman–Crippen LogP) is 2.51. The Bertz CT molecular complexity index is 2070. The number of aromatic carboxylic acids is 1. The van der Waals surface area contributed by atoms with E-state index in [-0.39, 0.29) is 29.6 Å². The van der Waals surface area contributed by atoms with Gasteiger partial charge >= 0.3 is 5.97 Å². The second kappa shape index (κ2) is 14.2. The summed E-state index contributed by atoms with van der Waals surface area (Å²) >= 11 is 0. The van der Waals surface area contributed by atoms with E-state index in [9.17, 15) is 19.5 Å². The van der Waals surface area contributed by atoms with Crippen LogP contribution in [0, 0.1) is 6.92 Å². The van der Waals surface area contributed by atoms with Gasteiger partial charge in [-0.2, -0.15) is 5.10 Å². The summed E-state index contributed by atoms with van der Waals surface area (Å²) in [6.07, 6.45) is 3.76. The molecule has 16 nitrogen and oxygen atoms in total. The number of hydrogen-bond acceptors (Lipinski definition) is 10. The molecule has 2 aromatic carbocycles. The molecule has 6 N–H and O–H groups in total. The minimum absolute atomic E-state index is 0.0789. The molecule has 0 unspecified atom stereocenters. The number of amides is 2. The van der Waals surface area contributed by atoms with E-state index in [1.165, 1.54) is 12.1 Å². The van der Waals surface area contributed by atoms with E-state index in [0.29, 0.717) is 78.7 Å². The van der Waals surface area contributed by atoms with Crippen LogP contribution in [0.15, 0.2) is 48.6 Å². The van der Waals surface area contributed by atoms with Crippen LogP contribution in [0.4, 0.5) is 11.9 Å². The zero-order valence-corrected chi connectivity index (χ0v) is 27.3. The van der Waals surface area contributed by atoms with E-state index in [1.54, 1.807) is 38.1 Å². The molecular formula is C33H38N10O6. The molecule has 0 radical (unpaired) electrons. The third kappa shape index (κ3) is 7.09. The van der Waals surface area contributed by atoms with Crippen molar-refractivity contribution in [3.05, 3.63) is 71.1 Å². The summed E-state index contributed by atoms with van der Waals surface area (Å²) in [7, 11) is 0. The van der Waals surface area contributed by atoms with Gasteiger partial charge in [-0.3, -0.25) is 24.5 Å². The molecule has 1 fully saturated rings. The fraction of sp³-hybridized carbons (Fsp3) is 0.333. The summed E-state index contributed by atoms with van der Waals surface area (Å²) in [6, 6.07) is 9.51. The van der Waals surface area contributed by atoms with Crippen LogP contribution < -0.4 is 21.5 Å². The lowest BCUT2D eigenvalue weighted by molar-refractivity contribution is 0.0323. The van der Waals surface area contributed by atoms with Gasteiger partial charge in [0, 0.05) is 44.8 Å². The Morgan fingerprint density at radius 3 is 2.47 bits per heavy atom. The Labute approximate surface area is 280 Å². The van der Waals surface area contributed by atoms with Gasteiger partial charge in [-0.25, -0.2) is 14.8 Å². The average molecular weight is 671 g/mol. The maximum atomic E-state index is 13.3. The van der Waals surface area contributed by atoms with Gasteiger partial charge in [0.25, 0.3) is 5.91 Å². The van der Waals surface area contributed by atoms with Crippen LogP contribution in [0.3, 0.4) is 0 Å². The minimum atomic E-state index is -1.08. The highest BCUT2D eigenvalue weighted by Gasteiger charge is 2.20. The molecule has 16 heteroatoms. The molecule has 5 aromatic rings. The molecule has 1 aliphatic rings. The number of morpholine rings is 1. The van der Waals surface area contributed by atoms with Gasteiger partial charge in [-0.05, 0) is 50.2 Å². The van der Waals surface area contributed by atoms with Crippen molar-refractivity contribution in [2.75, 3.05) is 50.5 Å². The number of carboxylic acids is 1. The van der Waals surface area contributed by atoms with Gasteiger partial charge in [-0.1, -0.05) is 12.2 Å². The number of nitrogens with one attached hydrogen (secondary N) is 1. The first-order valence-corrected chi connectivity index (χ1v) is 15.9. The number of aromatic nitrogens is 6. The summed E-state index contributed by atoms with van der Waals surface area (Å²) in [5, 5.41) is 16.8. The first-order valence-electron chi connectivity index (χ1n) is 15.9. The number of carbonyl (C=O) groups excluding carboxylic acids is 2. The number of carbonyl (C=O) groups is 3. The normalized spacial score (nSPS) is 13.8. The lowest BCUT2D eigenvalue weighted by Crippen LogP contribution is -2.38. The van der Waals surface area contributed by atoms with E-state index in [2.05, 4.69) is 25.3 Å². The average Bonchev–Trinajstić information content (AvgIpc) is 3.74. The van der Waals surface area contributed by atoms with Gasteiger partial charge in [-0.15, -0.1) is 0 Å². The highest BCUT2D eigenvalue weighted by Crippen LogP contribution is 2.30. The number of carboxylic acid groups (broad SMARTS) is 1. The minimum Gasteiger partial charge on any atom is -0.490 e. The number of nitrogen functional groups attached to an aromatic ring is 1. The van der Waals surface area contributed by atoms with Crippen LogP contribution in [0.25, 0.3) is 22.1 Å². The maximum absolute atomic E-state index is 13.3. The summed E-state index contributed by atoms with van der Waals surface area (Å²) in [6.45, 7) is 8.84. The van der Waals surface area contributed by atoms with Crippen molar-refractivity contribution in [1.29, 1.82) is 0 Å². The monoisotopic (exact) mass is 670 g/mol. The Morgan fingerprint density at radius 1 is 1.02 bits per heavy atom. The number of hydrogen-bond donors (Lipinski definition) is 4. The summed E-state index contributed by atoms with van der Waals surface area (Å²) in [5.74, 6) is -1.16. The van der Waals surface area contributed by atoms with Crippen LogP contribution >= 0.6 is 0 Å². The van der Waals surface area contributed by atoms with Gasteiger partial charge in [0.15, 0.2) is 0 Å². The summed E-state index contributed by atoms with van der Waals surface area (Å²) < 4.78 is 16.8. The smallest absolute Gasteiger partial charge is 0.335 e. The third-order valence-corrected chi connectivity index (χ3v) is 8.29. The molecule has 0 aliphatic carbocycles. The molecule has 0 saturated carbocycles. The molecule has 0 atom stereocenters. The Kier molecular flexibility index (Phi) is 9.59. The Morgan fingerprint density at radius 2 is 1.76 bits per heavy atom. The highest BCUT2D eigenvalue weighted by molar-refractivity contribution is 6.03. The quantitative estimate of drug-likeness (QED) is 0.134. The van der Waals surface area contributed by atoms with Gasteiger partial charge in [0.2, 0.25) is 17.8 Å². The molecule has 1 saturated heterocycles. The van der Waals surface area contributed by atoms with E-state index >= 15 is 0 Å². The fourth-order valence-electron chi connectivity index (χ4n) is 5.83. The van der Waals surface area contributed by atoms with Crippen molar-refractivity contribution in [3.8, 4) is 5.75 Å². The summed E-state index contributed by atoms with van der Waals surface area (Å²) in [5.41, 5.74) is 15.5. The largest absolute Gasteiger partial charge is 0.490 e. The van der Waals surface area contributed by atoms with Crippen molar-refractivity contribution in [2.24, 2.45) is 5.73 Å². The first kappa shape index (κ1) is 33.2. The zero-order chi connectivity index (χ0) is 34.7. The SMILES string of the molecule is CCn1nc(C)cc1C(=O)Nc1nc2cc(C(=O)O)ccc2n1C/C=C/Cn1c(N)nc2cc(C(N)=O)cc(OCCN3CCOCC3)c21.